The number of nitrogens with zero attached hydrogens (tertiary/aromatic N) is 2. The molecule has 3 aromatic rings. The van der Waals surface area contributed by atoms with Gasteiger partial charge >= 0.3 is 0 Å². The lowest BCUT2D eigenvalue weighted by atomic mass is 10.0. The van der Waals surface area contributed by atoms with E-state index >= 15 is 0 Å². The van der Waals surface area contributed by atoms with Gasteiger partial charge in [-0.15, -0.1) is 0 Å². The summed E-state index contributed by atoms with van der Waals surface area (Å²) in [5.41, 5.74) is 3.94. The molecule has 2 amide bonds. The molecule has 0 aromatic heterocycles. The largest absolute Gasteiger partial charge is 0.377 e. The maximum atomic E-state index is 13.8. The first-order valence-electron chi connectivity index (χ1n) is 11.0. The van der Waals surface area contributed by atoms with Gasteiger partial charge in [-0.2, -0.15) is 0 Å². The summed E-state index contributed by atoms with van der Waals surface area (Å²) in [6, 6.07) is 22.4. The molecule has 0 heterocycles. The van der Waals surface area contributed by atoms with Crippen molar-refractivity contribution in [1.82, 2.24) is 4.90 Å². The highest BCUT2D eigenvalue weighted by Gasteiger charge is 2.26. The van der Waals surface area contributed by atoms with Gasteiger partial charge in [-0.3, -0.25) is 9.59 Å². The van der Waals surface area contributed by atoms with Crippen molar-refractivity contribution in [2.24, 2.45) is 0 Å². The number of hydrogen-bond acceptors (Lipinski definition) is 4. The van der Waals surface area contributed by atoms with E-state index in [1.807, 2.05) is 80.5 Å². The van der Waals surface area contributed by atoms with Crippen LogP contribution in [0.15, 0.2) is 72.8 Å². The topological polar surface area (TPSA) is 61.9 Å². The predicted molar refractivity (Wildman–Crippen MR) is 137 cm³/mol. The van der Waals surface area contributed by atoms with E-state index in [1.165, 1.54) is 7.11 Å². The summed E-state index contributed by atoms with van der Waals surface area (Å²) < 4.78 is 4.92. The van der Waals surface area contributed by atoms with Gasteiger partial charge in [0.1, 0.15) is 6.61 Å². The molecule has 0 saturated carbocycles. The quantitative estimate of drug-likeness (QED) is 0.446. The summed E-state index contributed by atoms with van der Waals surface area (Å²) in [6.45, 7) is 2.29. The maximum Gasteiger partial charge on any atom is 0.256 e. The number of rotatable bonds is 9. The van der Waals surface area contributed by atoms with Crippen molar-refractivity contribution in [2.45, 2.75) is 19.5 Å². The number of carbonyl (C=O) groups is 2. The first-order chi connectivity index (χ1) is 16.3. The molecule has 3 aromatic carbocycles. The Balaban J connectivity index is 2.03. The number of benzene rings is 3. The molecule has 0 fully saturated rings. The molecular formula is C27H30ClN3O3. The zero-order valence-corrected chi connectivity index (χ0v) is 20.7. The number of anilines is 2. The smallest absolute Gasteiger partial charge is 0.256 e. The fraction of sp³-hybridized carbons (Fsp3) is 0.259. The fourth-order valence-electron chi connectivity index (χ4n) is 3.82. The second kappa shape index (κ2) is 11.7. The van der Waals surface area contributed by atoms with Crippen LogP contribution in [0.25, 0.3) is 0 Å². The van der Waals surface area contributed by atoms with Crippen molar-refractivity contribution in [3.8, 4) is 0 Å². The zero-order valence-electron chi connectivity index (χ0n) is 19.9. The highest BCUT2D eigenvalue weighted by atomic mass is 35.5. The van der Waals surface area contributed by atoms with Crippen LogP contribution in [0.1, 0.15) is 34.5 Å². The molecule has 1 N–H and O–H groups in total. The molecule has 178 valence electrons. The lowest BCUT2D eigenvalue weighted by molar-refractivity contribution is -0.119. The third-order valence-electron chi connectivity index (χ3n) is 5.58. The van der Waals surface area contributed by atoms with Crippen LogP contribution in [0.3, 0.4) is 0 Å². The lowest BCUT2D eigenvalue weighted by Gasteiger charge is -2.32. The van der Waals surface area contributed by atoms with Crippen LogP contribution in [0, 0.1) is 0 Å². The van der Waals surface area contributed by atoms with Crippen LogP contribution in [-0.2, 0) is 16.1 Å². The third kappa shape index (κ3) is 6.16. The maximum absolute atomic E-state index is 13.8. The average Bonchev–Trinajstić information content (AvgIpc) is 2.82. The van der Waals surface area contributed by atoms with Crippen molar-refractivity contribution in [3.63, 3.8) is 0 Å². The van der Waals surface area contributed by atoms with E-state index in [2.05, 4.69) is 5.32 Å². The minimum Gasteiger partial charge on any atom is -0.377 e. The van der Waals surface area contributed by atoms with E-state index in [0.717, 1.165) is 16.8 Å². The summed E-state index contributed by atoms with van der Waals surface area (Å²) >= 11 is 6.40. The first kappa shape index (κ1) is 25.3. The molecule has 34 heavy (non-hydrogen) atoms. The van der Waals surface area contributed by atoms with Crippen LogP contribution in [0.4, 0.5) is 11.4 Å². The van der Waals surface area contributed by atoms with E-state index in [-0.39, 0.29) is 24.5 Å². The number of hydrogen-bond donors (Lipinski definition) is 1. The number of halogens is 1. The van der Waals surface area contributed by atoms with E-state index in [1.54, 1.807) is 23.1 Å². The SMILES string of the molecule is COCC(=O)Nc1ccc(N(C)C)c(CN(C(=O)c2ccccc2Cl)C(C)c2ccccc2)c1. The van der Waals surface area contributed by atoms with E-state index < -0.39 is 0 Å². The predicted octanol–water partition coefficient (Wildman–Crippen LogP) is 5.39. The van der Waals surface area contributed by atoms with Gasteiger partial charge in [-0.05, 0) is 48.4 Å². The van der Waals surface area contributed by atoms with Crippen LogP contribution in [0.5, 0.6) is 0 Å². The molecule has 0 aliphatic heterocycles. The Kier molecular flexibility index (Phi) is 8.68. The Bertz CT molecular complexity index is 1130. The van der Waals surface area contributed by atoms with Gasteiger partial charge < -0.3 is 19.9 Å². The van der Waals surface area contributed by atoms with E-state index in [0.29, 0.717) is 22.8 Å². The van der Waals surface area contributed by atoms with Crippen LogP contribution >= 0.6 is 11.6 Å². The molecule has 0 saturated heterocycles. The molecule has 0 radical (unpaired) electrons. The normalized spacial score (nSPS) is 11.6. The molecule has 0 spiro atoms. The molecule has 3 rings (SSSR count). The minimum atomic E-state index is -0.243. The monoisotopic (exact) mass is 479 g/mol. The summed E-state index contributed by atoms with van der Waals surface area (Å²) in [5.74, 6) is -0.409. The first-order valence-corrected chi connectivity index (χ1v) is 11.4. The highest BCUT2D eigenvalue weighted by molar-refractivity contribution is 6.33. The second-order valence-electron chi connectivity index (χ2n) is 8.22. The number of ether oxygens (including phenoxy) is 1. The lowest BCUT2D eigenvalue weighted by Crippen LogP contribution is -2.34. The summed E-state index contributed by atoms with van der Waals surface area (Å²) in [4.78, 5) is 29.6. The second-order valence-corrected chi connectivity index (χ2v) is 8.63. The number of nitrogens with one attached hydrogen (secondary N) is 1. The summed E-state index contributed by atoms with van der Waals surface area (Å²) in [7, 11) is 5.37. The molecule has 1 atom stereocenters. The Labute approximate surface area is 206 Å². The molecular weight excluding hydrogens is 450 g/mol. The van der Waals surface area contributed by atoms with Crippen molar-refractivity contribution in [1.29, 1.82) is 0 Å². The van der Waals surface area contributed by atoms with Gasteiger partial charge in [0, 0.05) is 39.1 Å². The molecule has 7 heteroatoms. The Morgan fingerprint density at radius 3 is 2.32 bits per heavy atom. The van der Waals surface area contributed by atoms with Gasteiger partial charge in [0.25, 0.3) is 5.91 Å². The van der Waals surface area contributed by atoms with Gasteiger partial charge in [0.05, 0.1) is 16.6 Å². The van der Waals surface area contributed by atoms with Crippen LogP contribution in [-0.4, -0.2) is 44.5 Å². The Hall–Kier alpha value is -3.35. The van der Waals surface area contributed by atoms with Gasteiger partial charge in [0.2, 0.25) is 5.91 Å². The minimum absolute atomic E-state index is 0.0348. The number of carbonyl (C=O) groups excluding carboxylic acids is 2. The van der Waals surface area contributed by atoms with Gasteiger partial charge in [-0.25, -0.2) is 0 Å². The van der Waals surface area contributed by atoms with Gasteiger partial charge in [-0.1, -0.05) is 54.1 Å². The van der Waals surface area contributed by atoms with E-state index in [9.17, 15) is 9.59 Å². The Morgan fingerprint density at radius 2 is 1.68 bits per heavy atom. The summed E-state index contributed by atoms with van der Waals surface area (Å²) in [6.07, 6.45) is 0. The van der Waals surface area contributed by atoms with Gasteiger partial charge in [0.15, 0.2) is 0 Å². The number of methoxy groups -OCH3 is 1. The molecule has 6 nitrogen and oxygen atoms in total. The van der Waals surface area contributed by atoms with Crippen molar-refractivity contribution in [3.05, 3.63) is 94.5 Å². The van der Waals surface area contributed by atoms with Crippen molar-refractivity contribution < 1.29 is 14.3 Å². The molecule has 1 unspecified atom stereocenters. The van der Waals surface area contributed by atoms with Crippen molar-refractivity contribution >= 4 is 34.8 Å². The number of amides is 2. The van der Waals surface area contributed by atoms with Crippen LogP contribution < -0.4 is 10.2 Å². The summed E-state index contributed by atoms with van der Waals surface area (Å²) in [5, 5.41) is 3.26. The fourth-order valence-corrected chi connectivity index (χ4v) is 4.04. The average molecular weight is 480 g/mol. The molecule has 0 aliphatic carbocycles. The van der Waals surface area contributed by atoms with Crippen LogP contribution in [0.2, 0.25) is 5.02 Å². The van der Waals surface area contributed by atoms with Crippen molar-refractivity contribution in [2.75, 3.05) is 38.0 Å². The van der Waals surface area contributed by atoms with E-state index in [4.69, 9.17) is 16.3 Å². The Morgan fingerprint density at radius 1 is 1.00 bits per heavy atom. The zero-order chi connectivity index (χ0) is 24.7. The highest BCUT2D eigenvalue weighted by Crippen LogP contribution is 2.31. The molecule has 0 aliphatic rings. The standard InChI is InChI=1S/C27H30ClN3O3/c1-19(20-10-6-5-7-11-20)31(27(33)23-12-8-9-13-24(23)28)17-21-16-22(29-26(32)18-34-4)14-15-25(21)30(2)3/h5-16,19H,17-18H2,1-4H3,(H,29,32). The molecule has 0 bridgehead atoms. The third-order valence-corrected chi connectivity index (χ3v) is 5.91.